The van der Waals surface area contributed by atoms with Crippen molar-refractivity contribution in [1.29, 1.82) is 0 Å². The second kappa shape index (κ2) is 9.38. The Morgan fingerprint density at radius 2 is 1.70 bits per heavy atom. The summed E-state index contributed by atoms with van der Waals surface area (Å²) in [4.78, 5) is 0. The molecule has 0 atom stereocenters. The van der Waals surface area contributed by atoms with E-state index >= 15 is 0 Å². The molecule has 0 unspecified atom stereocenters. The molecule has 0 fully saturated rings. The van der Waals surface area contributed by atoms with Crippen LogP contribution in [0.4, 0.5) is 0 Å². The van der Waals surface area contributed by atoms with E-state index in [2.05, 4.69) is 18.2 Å². The van der Waals surface area contributed by atoms with Crippen molar-refractivity contribution in [3.05, 3.63) is 36.5 Å². The van der Waals surface area contributed by atoms with Crippen molar-refractivity contribution in [3.8, 4) is 0 Å². The van der Waals surface area contributed by atoms with E-state index in [1.807, 2.05) is 18.2 Å². The maximum atomic E-state index is 2.99. The fourth-order valence-electron chi connectivity index (χ4n) is 0.340. The Bertz CT molecular complexity index is 122. The van der Waals surface area contributed by atoms with E-state index in [4.69, 9.17) is 0 Å². The Kier molecular flexibility index (Phi) is 12.2. The van der Waals surface area contributed by atoms with Crippen molar-refractivity contribution in [3.63, 3.8) is 0 Å². The van der Waals surface area contributed by atoms with Crippen LogP contribution >= 0.6 is 0 Å². The maximum Gasteiger partial charge on any atom is 3.00 e. The van der Waals surface area contributed by atoms with Crippen molar-refractivity contribution >= 4 is 0 Å². The predicted molar refractivity (Wildman–Crippen MR) is 34.0 cm³/mol. The SMILES string of the molecule is [C-]1=CC1.[C-]1=CC=CC1.[Cl-].[Sc+3]. The van der Waals surface area contributed by atoms with E-state index in [1.54, 1.807) is 0 Å². The minimum Gasteiger partial charge on any atom is -1.00 e. The Balaban J connectivity index is 0. The van der Waals surface area contributed by atoms with E-state index in [-0.39, 0.29) is 38.3 Å². The first-order chi connectivity index (χ1) is 4.00. The van der Waals surface area contributed by atoms with Gasteiger partial charge in [0.25, 0.3) is 0 Å². The number of hydrogen-bond donors (Lipinski definition) is 0. The Hall–Kier alpha value is 0.380. The molecule has 0 N–H and O–H groups in total. The summed E-state index contributed by atoms with van der Waals surface area (Å²) in [7, 11) is 0. The summed E-state index contributed by atoms with van der Waals surface area (Å²) < 4.78 is 0. The summed E-state index contributed by atoms with van der Waals surface area (Å²) in [5.74, 6) is 0. The molecule has 10 heavy (non-hydrogen) atoms. The Morgan fingerprint density at radius 3 is 1.80 bits per heavy atom. The standard InChI is InChI=1S/C5H5.C3H3.ClH.Sc/c1-2-4-5-3-1;1-2-3-1;;/h1-3H,4H2;1H,2H2;1H;/q2*-1;;+3/p-1. The zero-order valence-corrected chi connectivity index (χ0v) is 8.24. The zero-order valence-electron chi connectivity index (χ0n) is 5.68. The molecule has 2 heteroatoms. The minimum absolute atomic E-state index is 0. The summed E-state index contributed by atoms with van der Waals surface area (Å²) in [6.07, 6.45) is 16.0. The second-order valence-electron chi connectivity index (χ2n) is 1.62. The maximum absolute atomic E-state index is 2.99. The van der Waals surface area contributed by atoms with Crippen LogP contribution in [-0.2, 0) is 25.8 Å². The molecule has 0 amide bonds. The van der Waals surface area contributed by atoms with E-state index in [1.165, 1.54) is 0 Å². The topological polar surface area (TPSA) is 0 Å². The molecule has 0 saturated heterocycles. The molecule has 0 aromatic heterocycles. The molecular formula is C8H8ClSc. The van der Waals surface area contributed by atoms with Crippen molar-refractivity contribution in [2.24, 2.45) is 0 Å². The van der Waals surface area contributed by atoms with Gasteiger partial charge < -0.3 is 18.5 Å². The van der Waals surface area contributed by atoms with Gasteiger partial charge in [0.2, 0.25) is 0 Å². The molecule has 0 heterocycles. The van der Waals surface area contributed by atoms with Crippen molar-refractivity contribution in [2.45, 2.75) is 12.8 Å². The first kappa shape index (κ1) is 13.0. The van der Waals surface area contributed by atoms with E-state index in [9.17, 15) is 0 Å². The molecule has 0 spiro atoms. The quantitative estimate of drug-likeness (QED) is 0.426. The molecule has 50 valence electrons. The molecule has 0 aromatic carbocycles. The zero-order chi connectivity index (χ0) is 5.66. The van der Waals surface area contributed by atoms with Gasteiger partial charge in [-0.2, -0.15) is 6.08 Å². The Morgan fingerprint density at radius 1 is 1.10 bits per heavy atom. The average molecular weight is 185 g/mol. The smallest absolute Gasteiger partial charge is 1.00 e. The largest absolute Gasteiger partial charge is 3.00 e. The fourth-order valence-corrected chi connectivity index (χ4v) is 0.340. The van der Waals surface area contributed by atoms with Gasteiger partial charge in [0.15, 0.2) is 0 Å². The van der Waals surface area contributed by atoms with Crippen molar-refractivity contribution in [1.82, 2.24) is 0 Å². The van der Waals surface area contributed by atoms with Crippen LogP contribution in [0, 0.1) is 12.2 Å². The van der Waals surface area contributed by atoms with E-state index in [0.717, 1.165) is 12.8 Å². The third kappa shape index (κ3) is 11.2. The normalized spacial score (nSPS) is 14.4. The van der Waals surface area contributed by atoms with Crippen LogP contribution < -0.4 is 12.4 Å². The van der Waals surface area contributed by atoms with Crippen LogP contribution in [0.5, 0.6) is 0 Å². The molecular weight excluding hydrogens is 176 g/mol. The number of allylic oxidation sites excluding steroid dienone is 6. The van der Waals surface area contributed by atoms with Gasteiger partial charge in [-0.15, -0.1) is 6.42 Å². The van der Waals surface area contributed by atoms with Gasteiger partial charge >= 0.3 is 25.8 Å². The molecule has 2 aliphatic rings. The van der Waals surface area contributed by atoms with Gasteiger partial charge in [-0.05, 0) is 0 Å². The van der Waals surface area contributed by atoms with Gasteiger partial charge in [-0.3, -0.25) is 12.2 Å². The first-order valence-corrected chi connectivity index (χ1v) is 2.77. The van der Waals surface area contributed by atoms with Crippen LogP contribution in [0.1, 0.15) is 12.8 Å². The summed E-state index contributed by atoms with van der Waals surface area (Å²) in [6.45, 7) is 0. The van der Waals surface area contributed by atoms with Gasteiger partial charge in [0, 0.05) is 0 Å². The van der Waals surface area contributed by atoms with E-state index < -0.39 is 0 Å². The van der Waals surface area contributed by atoms with Gasteiger partial charge in [0.05, 0.1) is 0 Å². The summed E-state index contributed by atoms with van der Waals surface area (Å²) in [5, 5.41) is 0. The molecule has 0 aromatic rings. The molecule has 0 bridgehead atoms. The van der Waals surface area contributed by atoms with Gasteiger partial charge in [-0.1, -0.05) is 0 Å². The number of rotatable bonds is 0. The van der Waals surface area contributed by atoms with Crippen LogP contribution in [0.25, 0.3) is 0 Å². The summed E-state index contributed by atoms with van der Waals surface area (Å²) in [5.41, 5.74) is 0. The minimum atomic E-state index is 0. The molecule has 2 aliphatic carbocycles. The third-order valence-corrected chi connectivity index (χ3v) is 0.790. The Labute approximate surface area is 87.3 Å². The summed E-state index contributed by atoms with van der Waals surface area (Å²) in [6, 6.07) is 0. The van der Waals surface area contributed by atoms with Gasteiger partial charge in [-0.25, -0.2) is 18.6 Å². The van der Waals surface area contributed by atoms with Crippen molar-refractivity contribution in [2.75, 3.05) is 0 Å². The first-order valence-electron chi connectivity index (χ1n) is 2.77. The average Bonchev–Trinajstić information content (AvgIpc) is 2.55. The predicted octanol–water partition coefficient (Wildman–Crippen LogP) is -0.943. The number of hydrogen-bond acceptors (Lipinski definition) is 0. The van der Waals surface area contributed by atoms with Crippen LogP contribution in [0.15, 0.2) is 24.3 Å². The summed E-state index contributed by atoms with van der Waals surface area (Å²) >= 11 is 0. The molecule has 2 rings (SSSR count). The van der Waals surface area contributed by atoms with Crippen molar-refractivity contribution < 1.29 is 38.3 Å². The number of halogens is 1. The monoisotopic (exact) mass is 184 g/mol. The van der Waals surface area contributed by atoms with Gasteiger partial charge in [0.1, 0.15) is 0 Å². The van der Waals surface area contributed by atoms with Crippen LogP contribution in [-0.4, -0.2) is 0 Å². The molecule has 0 aliphatic heterocycles. The molecule has 0 saturated carbocycles. The molecule has 0 radical (unpaired) electrons. The third-order valence-electron chi connectivity index (χ3n) is 0.790. The van der Waals surface area contributed by atoms with E-state index in [0.29, 0.717) is 0 Å². The fraction of sp³-hybridized carbons (Fsp3) is 0.250. The second-order valence-corrected chi connectivity index (χ2v) is 1.62. The van der Waals surface area contributed by atoms with Crippen LogP contribution in [0.3, 0.4) is 0 Å². The van der Waals surface area contributed by atoms with Crippen LogP contribution in [0.2, 0.25) is 0 Å². The molecule has 0 nitrogen and oxygen atoms in total.